The summed E-state index contributed by atoms with van der Waals surface area (Å²) in [5.41, 5.74) is -1.10. The van der Waals surface area contributed by atoms with Crippen molar-refractivity contribution in [1.29, 1.82) is 0 Å². The quantitative estimate of drug-likeness (QED) is 0.190. The van der Waals surface area contributed by atoms with Gasteiger partial charge < -0.3 is 28.4 Å². The summed E-state index contributed by atoms with van der Waals surface area (Å²) < 4.78 is 31.2. The summed E-state index contributed by atoms with van der Waals surface area (Å²) in [4.78, 5) is 36.7. The Labute approximate surface area is 208 Å². The van der Waals surface area contributed by atoms with Gasteiger partial charge in [0.05, 0.1) is 5.41 Å². The normalized spacial score (nSPS) is 10.6. The van der Waals surface area contributed by atoms with Crippen molar-refractivity contribution >= 4 is 18.5 Å². The SMILES string of the molecule is CCC(COC(=O)Oc1ccccc1)(COC(=O)Oc1ccccc1)COC(=O)Oc1ccccc1. The summed E-state index contributed by atoms with van der Waals surface area (Å²) in [5, 5.41) is 0. The Morgan fingerprint density at radius 3 is 1.06 bits per heavy atom. The van der Waals surface area contributed by atoms with Crippen LogP contribution in [-0.4, -0.2) is 38.3 Å². The molecule has 3 aromatic rings. The second-order valence-electron chi connectivity index (χ2n) is 7.71. The summed E-state index contributed by atoms with van der Waals surface area (Å²) in [5.74, 6) is 0.903. The van der Waals surface area contributed by atoms with Crippen molar-refractivity contribution in [2.24, 2.45) is 5.41 Å². The van der Waals surface area contributed by atoms with Gasteiger partial charge in [-0.05, 0) is 42.8 Å². The number of hydrogen-bond donors (Lipinski definition) is 0. The van der Waals surface area contributed by atoms with Crippen LogP contribution in [0.2, 0.25) is 0 Å². The monoisotopic (exact) mass is 494 g/mol. The smallest absolute Gasteiger partial charge is 0.433 e. The highest BCUT2D eigenvalue weighted by Gasteiger charge is 2.35. The van der Waals surface area contributed by atoms with Crippen LogP contribution < -0.4 is 14.2 Å². The first-order chi connectivity index (χ1) is 17.5. The number of ether oxygens (including phenoxy) is 6. The van der Waals surface area contributed by atoms with Crippen LogP contribution in [0, 0.1) is 5.41 Å². The van der Waals surface area contributed by atoms with Gasteiger partial charge in [0, 0.05) is 0 Å². The third-order valence-corrected chi connectivity index (χ3v) is 5.07. The number of para-hydroxylation sites is 3. The Morgan fingerprint density at radius 1 is 0.528 bits per heavy atom. The molecule has 0 fully saturated rings. The van der Waals surface area contributed by atoms with E-state index in [2.05, 4.69) is 0 Å². The third kappa shape index (κ3) is 8.68. The van der Waals surface area contributed by atoms with Gasteiger partial charge in [-0.25, -0.2) is 14.4 Å². The van der Waals surface area contributed by atoms with E-state index in [1.54, 1.807) is 97.9 Å². The van der Waals surface area contributed by atoms with E-state index in [1.807, 2.05) is 0 Å². The molecule has 188 valence electrons. The molecule has 0 saturated heterocycles. The number of hydrogen-bond acceptors (Lipinski definition) is 9. The van der Waals surface area contributed by atoms with Crippen LogP contribution in [0.15, 0.2) is 91.0 Å². The molecule has 0 aliphatic carbocycles. The Hall–Kier alpha value is -4.53. The standard InChI is InChI=1S/C27H26O9/c1-2-27(18-31-24(28)34-21-12-6-3-7-13-21,19-32-25(29)35-22-14-8-4-9-15-22)20-33-26(30)36-23-16-10-5-11-17-23/h3-17H,2,18-20H2,1H3. The maximum Gasteiger partial charge on any atom is 0.513 e. The topological polar surface area (TPSA) is 107 Å². The minimum absolute atomic E-state index is 0.271. The molecule has 0 aliphatic heterocycles. The van der Waals surface area contributed by atoms with E-state index < -0.39 is 23.9 Å². The highest BCUT2D eigenvalue weighted by Crippen LogP contribution is 2.26. The van der Waals surface area contributed by atoms with Crippen molar-refractivity contribution in [3.8, 4) is 17.2 Å². The van der Waals surface area contributed by atoms with Gasteiger partial charge in [-0.1, -0.05) is 61.5 Å². The molecule has 0 heterocycles. The Balaban J connectivity index is 1.62. The maximum atomic E-state index is 12.2. The molecular formula is C27H26O9. The zero-order valence-corrected chi connectivity index (χ0v) is 19.7. The summed E-state index contributed by atoms with van der Waals surface area (Å²) in [7, 11) is 0. The molecule has 0 unspecified atom stereocenters. The highest BCUT2D eigenvalue weighted by molar-refractivity contribution is 5.65. The van der Waals surface area contributed by atoms with Gasteiger partial charge in [0.2, 0.25) is 0 Å². The predicted molar refractivity (Wildman–Crippen MR) is 128 cm³/mol. The van der Waals surface area contributed by atoms with E-state index in [-0.39, 0.29) is 19.8 Å². The predicted octanol–water partition coefficient (Wildman–Crippen LogP) is 6.03. The van der Waals surface area contributed by atoms with E-state index in [0.717, 1.165) is 0 Å². The summed E-state index contributed by atoms with van der Waals surface area (Å²) in [6.07, 6.45) is -2.57. The van der Waals surface area contributed by atoms with Gasteiger partial charge in [0.25, 0.3) is 0 Å². The minimum Gasteiger partial charge on any atom is -0.433 e. The lowest BCUT2D eigenvalue weighted by Crippen LogP contribution is -2.40. The summed E-state index contributed by atoms with van der Waals surface area (Å²) in [6, 6.07) is 25.1. The van der Waals surface area contributed by atoms with Gasteiger partial charge >= 0.3 is 18.5 Å². The fraction of sp³-hybridized carbons (Fsp3) is 0.222. The molecule has 9 heteroatoms. The minimum atomic E-state index is -1.10. The molecule has 0 spiro atoms. The number of rotatable bonds is 10. The lowest BCUT2D eigenvalue weighted by molar-refractivity contribution is -0.0382. The molecule has 0 aliphatic rings. The Morgan fingerprint density at radius 2 is 0.806 bits per heavy atom. The molecule has 3 aromatic carbocycles. The second kappa shape index (κ2) is 13.4. The van der Waals surface area contributed by atoms with Crippen molar-refractivity contribution in [3.63, 3.8) is 0 Å². The average Bonchev–Trinajstić information content (AvgIpc) is 2.90. The lowest BCUT2D eigenvalue weighted by atomic mass is 9.88. The number of carbonyl (C=O) groups excluding carboxylic acids is 3. The molecule has 0 saturated carbocycles. The number of carbonyl (C=O) groups is 3. The van der Waals surface area contributed by atoms with Crippen molar-refractivity contribution in [2.45, 2.75) is 13.3 Å². The van der Waals surface area contributed by atoms with Crippen LogP contribution in [-0.2, 0) is 14.2 Å². The first kappa shape index (κ1) is 26.1. The maximum absolute atomic E-state index is 12.2. The average molecular weight is 494 g/mol. The Kier molecular flexibility index (Phi) is 9.69. The van der Waals surface area contributed by atoms with Crippen molar-refractivity contribution < 1.29 is 42.8 Å². The zero-order chi connectivity index (χ0) is 25.6. The molecule has 0 amide bonds. The number of benzene rings is 3. The largest absolute Gasteiger partial charge is 0.513 e. The third-order valence-electron chi connectivity index (χ3n) is 5.07. The molecule has 9 nitrogen and oxygen atoms in total. The van der Waals surface area contributed by atoms with E-state index in [4.69, 9.17) is 28.4 Å². The van der Waals surface area contributed by atoms with Gasteiger partial charge in [-0.15, -0.1) is 0 Å². The van der Waals surface area contributed by atoms with E-state index in [0.29, 0.717) is 23.7 Å². The first-order valence-corrected chi connectivity index (χ1v) is 11.2. The Bertz CT molecular complexity index is 962. The van der Waals surface area contributed by atoms with Crippen LogP contribution >= 0.6 is 0 Å². The fourth-order valence-corrected chi connectivity index (χ4v) is 2.91. The molecule has 36 heavy (non-hydrogen) atoms. The van der Waals surface area contributed by atoms with E-state index >= 15 is 0 Å². The second-order valence-corrected chi connectivity index (χ2v) is 7.71. The molecule has 3 rings (SSSR count). The van der Waals surface area contributed by atoms with Gasteiger partial charge in [0.1, 0.15) is 37.1 Å². The van der Waals surface area contributed by atoms with Gasteiger partial charge in [0.15, 0.2) is 0 Å². The van der Waals surface area contributed by atoms with E-state index in [9.17, 15) is 14.4 Å². The van der Waals surface area contributed by atoms with Crippen LogP contribution in [0.25, 0.3) is 0 Å². The molecule has 0 aromatic heterocycles. The molecule has 0 bridgehead atoms. The van der Waals surface area contributed by atoms with Gasteiger partial charge in [-0.2, -0.15) is 0 Å². The molecule has 0 N–H and O–H groups in total. The zero-order valence-electron chi connectivity index (χ0n) is 19.7. The van der Waals surface area contributed by atoms with Crippen LogP contribution in [0.1, 0.15) is 13.3 Å². The van der Waals surface area contributed by atoms with Crippen molar-refractivity contribution in [2.75, 3.05) is 19.8 Å². The van der Waals surface area contributed by atoms with E-state index in [1.165, 1.54) is 0 Å². The lowest BCUT2D eigenvalue weighted by Gasteiger charge is -2.30. The van der Waals surface area contributed by atoms with Gasteiger partial charge in [-0.3, -0.25) is 0 Å². The fourth-order valence-electron chi connectivity index (χ4n) is 2.91. The van der Waals surface area contributed by atoms with Crippen LogP contribution in [0.3, 0.4) is 0 Å². The van der Waals surface area contributed by atoms with Crippen molar-refractivity contribution in [3.05, 3.63) is 91.0 Å². The van der Waals surface area contributed by atoms with Crippen LogP contribution in [0.4, 0.5) is 14.4 Å². The molecular weight excluding hydrogens is 468 g/mol. The molecule has 0 atom stereocenters. The summed E-state index contributed by atoms with van der Waals surface area (Å²) >= 11 is 0. The highest BCUT2D eigenvalue weighted by atomic mass is 16.7. The van der Waals surface area contributed by atoms with Crippen molar-refractivity contribution in [1.82, 2.24) is 0 Å². The van der Waals surface area contributed by atoms with Crippen LogP contribution in [0.5, 0.6) is 17.2 Å². The molecule has 0 radical (unpaired) electrons. The summed E-state index contributed by atoms with van der Waals surface area (Å²) in [6.45, 7) is 0.953. The first-order valence-electron chi connectivity index (χ1n) is 11.2.